The molecule has 1 atom stereocenters. The van der Waals surface area contributed by atoms with Gasteiger partial charge < -0.3 is 9.84 Å². The molecule has 0 bridgehead atoms. The van der Waals surface area contributed by atoms with Crippen molar-refractivity contribution in [3.8, 4) is 17.0 Å². The fourth-order valence-corrected chi connectivity index (χ4v) is 2.43. The number of nitrogens with zero attached hydrogens (tertiary/aromatic N) is 5. The van der Waals surface area contributed by atoms with E-state index in [1.54, 1.807) is 30.1 Å². The summed E-state index contributed by atoms with van der Waals surface area (Å²) in [6.07, 6.45) is 8.82. The third-order valence-electron chi connectivity index (χ3n) is 4.03. The van der Waals surface area contributed by atoms with Gasteiger partial charge in [-0.15, -0.1) is 0 Å². The van der Waals surface area contributed by atoms with Crippen LogP contribution in [0.1, 0.15) is 44.3 Å². The van der Waals surface area contributed by atoms with Crippen molar-refractivity contribution in [2.75, 3.05) is 6.61 Å². The van der Waals surface area contributed by atoms with Gasteiger partial charge >= 0.3 is 0 Å². The van der Waals surface area contributed by atoms with Crippen molar-refractivity contribution in [2.45, 2.75) is 39.7 Å². The highest BCUT2D eigenvalue weighted by Gasteiger charge is 2.24. The van der Waals surface area contributed by atoms with Crippen LogP contribution in [0.15, 0.2) is 41.8 Å². The Kier molecular flexibility index (Phi) is 7.63. The zero-order chi connectivity index (χ0) is 20.7. The number of hydrogen-bond acceptors (Lipinski definition) is 6. The Hall–Kier alpha value is -2.80. The van der Waals surface area contributed by atoms with Gasteiger partial charge in [-0.2, -0.15) is 10.1 Å². The number of aryl methyl sites for hydroxylation is 2. The molecule has 7 heteroatoms. The van der Waals surface area contributed by atoms with Crippen LogP contribution in [0, 0.1) is 12.8 Å². The van der Waals surface area contributed by atoms with Crippen molar-refractivity contribution in [3.05, 3.63) is 48.3 Å². The van der Waals surface area contributed by atoms with Gasteiger partial charge in [0, 0.05) is 31.2 Å². The molecular weight excluding hydrogens is 354 g/mol. The zero-order valence-electron chi connectivity index (χ0n) is 17.1. The Balaban J connectivity index is 0.000000345. The van der Waals surface area contributed by atoms with E-state index in [9.17, 15) is 5.11 Å². The summed E-state index contributed by atoms with van der Waals surface area (Å²) in [4.78, 5) is 12.2. The summed E-state index contributed by atoms with van der Waals surface area (Å²) in [5.41, 5.74) is 3.21. The minimum Gasteiger partial charge on any atom is -0.477 e. The van der Waals surface area contributed by atoms with Crippen molar-refractivity contribution in [2.24, 2.45) is 18.0 Å². The SMILES string of the molecule is C=N/C=C\C(=C)C.Cc1ncc(-c2cn(C)nc2C(C)O)c(OCC2CC2)n1. The molecular formula is C21H29N5O2. The molecule has 0 saturated heterocycles. The number of allylic oxidation sites excluding steroid dienone is 2. The monoisotopic (exact) mass is 383 g/mol. The molecule has 1 unspecified atom stereocenters. The molecule has 28 heavy (non-hydrogen) atoms. The minimum absolute atomic E-state index is 0.573. The first-order valence-corrected chi connectivity index (χ1v) is 9.28. The van der Waals surface area contributed by atoms with Gasteiger partial charge in [0.15, 0.2) is 0 Å². The third kappa shape index (κ3) is 6.42. The van der Waals surface area contributed by atoms with Crippen LogP contribution in [0.2, 0.25) is 0 Å². The number of hydrogen-bond donors (Lipinski definition) is 1. The number of rotatable bonds is 7. The summed E-state index contributed by atoms with van der Waals surface area (Å²) in [5, 5.41) is 14.2. The number of aliphatic imine (C=N–C) groups is 1. The van der Waals surface area contributed by atoms with Gasteiger partial charge in [0.25, 0.3) is 0 Å². The van der Waals surface area contributed by atoms with Crippen molar-refractivity contribution in [3.63, 3.8) is 0 Å². The lowest BCUT2D eigenvalue weighted by atomic mass is 10.1. The number of aromatic nitrogens is 4. The molecule has 1 N–H and O–H groups in total. The van der Waals surface area contributed by atoms with E-state index in [1.807, 2.05) is 27.1 Å². The van der Waals surface area contributed by atoms with Crippen LogP contribution in [0.4, 0.5) is 0 Å². The molecule has 2 heterocycles. The molecule has 0 aromatic carbocycles. The van der Waals surface area contributed by atoms with E-state index in [2.05, 4.69) is 33.4 Å². The molecule has 3 rings (SSSR count). The summed E-state index contributed by atoms with van der Waals surface area (Å²) in [6.45, 7) is 13.0. The minimum atomic E-state index is -0.654. The quantitative estimate of drug-likeness (QED) is 0.580. The van der Waals surface area contributed by atoms with E-state index in [0.29, 0.717) is 29.9 Å². The maximum atomic E-state index is 9.90. The summed E-state index contributed by atoms with van der Waals surface area (Å²) in [5.74, 6) is 1.90. The van der Waals surface area contributed by atoms with Crippen LogP contribution in [0.25, 0.3) is 11.1 Å². The zero-order valence-corrected chi connectivity index (χ0v) is 17.1. The van der Waals surface area contributed by atoms with Crippen LogP contribution >= 0.6 is 0 Å². The fourth-order valence-electron chi connectivity index (χ4n) is 2.43. The smallest absolute Gasteiger partial charge is 0.224 e. The van der Waals surface area contributed by atoms with Crippen LogP contribution in [-0.2, 0) is 7.05 Å². The first-order chi connectivity index (χ1) is 13.3. The highest BCUT2D eigenvalue weighted by atomic mass is 16.5. The molecule has 1 fully saturated rings. The largest absolute Gasteiger partial charge is 0.477 e. The Morgan fingerprint density at radius 1 is 1.46 bits per heavy atom. The van der Waals surface area contributed by atoms with Gasteiger partial charge in [0.1, 0.15) is 5.82 Å². The second-order valence-electron chi connectivity index (χ2n) is 7.01. The van der Waals surface area contributed by atoms with Crippen LogP contribution in [-0.4, -0.2) is 38.2 Å². The Bertz CT molecular complexity index is 850. The first kappa shape index (κ1) is 21.5. The van der Waals surface area contributed by atoms with Crippen LogP contribution in [0.3, 0.4) is 0 Å². The first-order valence-electron chi connectivity index (χ1n) is 9.28. The highest BCUT2D eigenvalue weighted by molar-refractivity contribution is 5.69. The fraction of sp³-hybridized carbons (Fsp3) is 0.429. The lowest BCUT2D eigenvalue weighted by Gasteiger charge is -2.11. The number of aliphatic hydroxyl groups excluding tert-OH is 1. The maximum absolute atomic E-state index is 9.90. The topological polar surface area (TPSA) is 85.4 Å². The molecule has 1 aliphatic rings. The predicted molar refractivity (Wildman–Crippen MR) is 111 cm³/mol. The molecule has 0 amide bonds. The van der Waals surface area contributed by atoms with Gasteiger partial charge in [-0.3, -0.25) is 9.67 Å². The van der Waals surface area contributed by atoms with Gasteiger partial charge in [-0.1, -0.05) is 12.2 Å². The average molecular weight is 383 g/mol. The maximum Gasteiger partial charge on any atom is 0.224 e. The van der Waals surface area contributed by atoms with Crippen molar-refractivity contribution < 1.29 is 9.84 Å². The lowest BCUT2D eigenvalue weighted by molar-refractivity contribution is 0.194. The highest BCUT2D eigenvalue weighted by Crippen LogP contribution is 2.35. The van der Waals surface area contributed by atoms with Crippen molar-refractivity contribution in [1.29, 1.82) is 0 Å². The Morgan fingerprint density at radius 3 is 2.71 bits per heavy atom. The van der Waals surface area contributed by atoms with Crippen LogP contribution in [0.5, 0.6) is 5.88 Å². The number of aliphatic hydroxyl groups is 1. The molecule has 2 aromatic heterocycles. The summed E-state index contributed by atoms with van der Waals surface area (Å²) in [6, 6.07) is 0. The number of ether oxygens (including phenoxy) is 1. The molecule has 0 spiro atoms. The molecule has 1 aliphatic carbocycles. The molecule has 0 aliphatic heterocycles. The molecule has 150 valence electrons. The standard InChI is InChI=1S/C15H20N4O2.C6H9N/c1-9(20)14-13(7-19(3)18-14)12-6-16-10(2)17-15(12)21-8-11-4-5-11;1-6(2)4-5-7-3/h6-7,9,11,20H,4-5,8H2,1-3H3;4-5H,1,3H2,2H3/b;5-4-. The van der Waals surface area contributed by atoms with E-state index in [1.165, 1.54) is 12.8 Å². The van der Waals surface area contributed by atoms with E-state index >= 15 is 0 Å². The Labute approximate surface area is 166 Å². The van der Waals surface area contributed by atoms with Gasteiger partial charge in [-0.05, 0) is 52.3 Å². The van der Waals surface area contributed by atoms with E-state index in [4.69, 9.17) is 4.74 Å². The summed E-state index contributed by atoms with van der Waals surface area (Å²) < 4.78 is 7.55. The van der Waals surface area contributed by atoms with Gasteiger partial charge in [0.05, 0.1) is 24.0 Å². The van der Waals surface area contributed by atoms with Crippen LogP contribution < -0.4 is 4.74 Å². The van der Waals surface area contributed by atoms with E-state index < -0.39 is 6.10 Å². The third-order valence-corrected chi connectivity index (χ3v) is 4.03. The lowest BCUT2D eigenvalue weighted by Crippen LogP contribution is -2.05. The van der Waals surface area contributed by atoms with E-state index in [-0.39, 0.29) is 0 Å². The second kappa shape index (κ2) is 9.94. The van der Waals surface area contributed by atoms with Gasteiger partial charge in [-0.25, -0.2) is 4.98 Å². The summed E-state index contributed by atoms with van der Waals surface area (Å²) >= 11 is 0. The van der Waals surface area contributed by atoms with E-state index in [0.717, 1.165) is 16.7 Å². The molecule has 7 nitrogen and oxygen atoms in total. The predicted octanol–water partition coefficient (Wildman–Crippen LogP) is 3.80. The van der Waals surface area contributed by atoms with Crippen molar-refractivity contribution >= 4 is 6.72 Å². The normalized spacial score (nSPS) is 14.3. The average Bonchev–Trinajstić information content (AvgIpc) is 3.39. The molecule has 0 radical (unpaired) electrons. The van der Waals surface area contributed by atoms with Gasteiger partial charge in [0.2, 0.25) is 5.88 Å². The second-order valence-corrected chi connectivity index (χ2v) is 7.01. The molecule has 2 aromatic rings. The summed E-state index contributed by atoms with van der Waals surface area (Å²) in [7, 11) is 1.83. The van der Waals surface area contributed by atoms with Crippen molar-refractivity contribution in [1.82, 2.24) is 19.7 Å². The molecule has 1 saturated carbocycles. The Morgan fingerprint density at radius 2 is 2.18 bits per heavy atom.